The van der Waals surface area contributed by atoms with E-state index < -0.39 is 17.3 Å². The van der Waals surface area contributed by atoms with Crippen molar-refractivity contribution >= 4 is 35.8 Å². The maximum absolute atomic E-state index is 13.5. The van der Waals surface area contributed by atoms with Gasteiger partial charge in [-0.05, 0) is 38.5 Å². The Morgan fingerprint density at radius 1 is 1.17 bits per heavy atom. The Hall–Kier alpha value is -1.72. The van der Waals surface area contributed by atoms with Crippen molar-refractivity contribution in [1.82, 2.24) is 15.5 Å². The van der Waals surface area contributed by atoms with Crippen LogP contribution in [0.15, 0.2) is 23.2 Å². The number of carbonyl (C=O) groups is 1. The topological polar surface area (TPSA) is 66.0 Å². The molecule has 2 N–H and O–H groups in total. The van der Waals surface area contributed by atoms with Gasteiger partial charge in [-0.25, -0.2) is 0 Å². The van der Waals surface area contributed by atoms with Crippen LogP contribution in [-0.4, -0.2) is 50.1 Å². The third-order valence-electron chi connectivity index (χ3n) is 3.61. The standard InChI is InChI=1S/C19H29F3N4O2.HI/c1-18(2,3)28-14-8-7-13(15(11-14)19(20,21)22)12-25-17(23-4)24-10-9-16(27)26(5)6;/h7-8,11H,9-10,12H2,1-6H3,(H2,23,24,25);1H. The Bertz CT molecular complexity index is 702. The van der Waals surface area contributed by atoms with E-state index in [0.717, 1.165) is 6.07 Å². The van der Waals surface area contributed by atoms with Crippen LogP contribution < -0.4 is 15.4 Å². The first kappa shape index (κ1) is 27.3. The number of carbonyl (C=O) groups excluding carboxylic acids is 1. The summed E-state index contributed by atoms with van der Waals surface area (Å²) in [5.41, 5.74) is -1.29. The Morgan fingerprint density at radius 2 is 1.79 bits per heavy atom. The number of ether oxygens (including phenoxy) is 1. The number of nitrogens with zero attached hydrogens (tertiary/aromatic N) is 2. The zero-order chi connectivity index (χ0) is 21.5. The number of nitrogens with one attached hydrogen (secondary N) is 2. The molecule has 1 aromatic carbocycles. The molecule has 1 amide bonds. The minimum Gasteiger partial charge on any atom is -0.488 e. The van der Waals surface area contributed by atoms with Crippen LogP contribution >= 0.6 is 24.0 Å². The molecule has 0 heterocycles. The first-order valence-corrected chi connectivity index (χ1v) is 8.87. The summed E-state index contributed by atoms with van der Waals surface area (Å²) in [6.07, 6.45) is -4.26. The fraction of sp³-hybridized carbons (Fsp3) is 0.579. The SMILES string of the molecule is CN=C(NCCC(=O)N(C)C)NCc1ccc(OC(C)(C)C)cc1C(F)(F)F.I. The molecule has 6 nitrogen and oxygen atoms in total. The number of guanidine groups is 1. The molecule has 1 aromatic rings. The van der Waals surface area contributed by atoms with Crippen molar-refractivity contribution in [1.29, 1.82) is 0 Å². The van der Waals surface area contributed by atoms with Gasteiger partial charge in [-0.2, -0.15) is 13.2 Å². The number of amides is 1. The van der Waals surface area contributed by atoms with Gasteiger partial charge in [-0.15, -0.1) is 24.0 Å². The zero-order valence-corrected chi connectivity index (χ0v) is 19.9. The third-order valence-corrected chi connectivity index (χ3v) is 3.61. The average molecular weight is 530 g/mol. The van der Waals surface area contributed by atoms with Crippen molar-refractivity contribution in [3.8, 4) is 5.75 Å². The van der Waals surface area contributed by atoms with E-state index in [2.05, 4.69) is 15.6 Å². The van der Waals surface area contributed by atoms with E-state index in [1.54, 1.807) is 34.9 Å². The van der Waals surface area contributed by atoms with E-state index in [1.807, 2.05) is 0 Å². The molecule has 0 aliphatic carbocycles. The molecule has 0 aromatic heterocycles. The summed E-state index contributed by atoms with van der Waals surface area (Å²) in [5.74, 6) is 0.416. The lowest BCUT2D eigenvalue weighted by Gasteiger charge is -2.23. The summed E-state index contributed by atoms with van der Waals surface area (Å²) in [6.45, 7) is 5.55. The van der Waals surface area contributed by atoms with Crippen molar-refractivity contribution in [2.75, 3.05) is 27.7 Å². The first-order chi connectivity index (χ1) is 12.8. The predicted molar refractivity (Wildman–Crippen MR) is 119 cm³/mol. The predicted octanol–water partition coefficient (Wildman–Crippen LogP) is 3.64. The lowest BCUT2D eigenvalue weighted by molar-refractivity contribution is -0.138. The van der Waals surface area contributed by atoms with Gasteiger partial charge in [-0.1, -0.05) is 6.07 Å². The normalized spacial score (nSPS) is 12.1. The molecule has 166 valence electrons. The van der Waals surface area contributed by atoms with Crippen molar-refractivity contribution in [3.63, 3.8) is 0 Å². The van der Waals surface area contributed by atoms with Gasteiger partial charge in [0.25, 0.3) is 0 Å². The van der Waals surface area contributed by atoms with Gasteiger partial charge >= 0.3 is 6.18 Å². The van der Waals surface area contributed by atoms with Gasteiger partial charge in [0.1, 0.15) is 11.4 Å². The second-order valence-electron chi connectivity index (χ2n) is 7.42. The lowest BCUT2D eigenvalue weighted by Crippen LogP contribution is -2.39. The summed E-state index contributed by atoms with van der Waals surface area (Å²) >= 11 is 0. The highest BCUT2D eigenvalue weighted by atomic mass is 127. The third kappa shape index (κ3) is 10.0. The van der Waals surface area contributed by atoms with Crippen LogP contribution in [0, 0.1) is 0 Å². The van der Waals surface area contributed by atoms with Crippen molar-refractivity contribution in [2.45, 2.75) is 45.5 Å². The average Bonchev–Trinajstić information content (AvgIpc) is 2.56. The monoisotopic (exact) mass is 530 g/mol. The van der Waals surface area contributed by atoms with E-state index >= 15 is 0 Å². The summed E-state index contributed by atoms with van der Waals surface area (Å²) in [5, 5.41) is 5.75. The van der Waals surface area contributed by atoms with Crippen LogP contribution in [0.3, 0.4) is 0 Å². The van der Waals surface area contributed by atoms with Gasteiger partial charge < -0.3 is 20.3 Å². The summed E-state index contributed by atoms with van der Waals surface area (Å²) in [7, 11) is 4.82. The van der Waals surface area contributed by atoms with E-state index in [4.69, 9.17) is 4.74 Å². The summed E-state index contributed by atoms with van der Waals surface area (Å²) < 4.78 is 45.9. The van der Waals surface area contributed by atoms with Crippen LogP contribution in [0.1, 0.15) is 38.3 Å². The molecule has 0 aliphatic rings. The molecular formula is C19H30F3IN4O2. The molecule has 0 saturated heterocycles. The number of rotatable bonds is 6. The van der Waals surface area contributed by atoms with Crippen LogP contribution in [0.4, 0.5) is 13.2 Å². The maximum Gasteiger partial charge on any atom is 0.416 e. The minimum atomic E-state index is -4.51. The lowest BCUT2D eigenvalue weighted by atomic mass is 10.1. The summed E-state index contributed by atoms with van der Waals surface area (Å²) in [4.78, 5) is 17.0. The molecule has 0 aliphatic heterocycles. The van der Waals surface area contributed by atoms with Crippen LogP contribution in [0.25, 0.3) is 0 Å². The van der Waals surface area contributed by atoms with Gasteiger partial charge in [0, 0.05) is 40.7 Å². The molecule has 29 heavy (non-hydrogen) atoms. The van der Waals surface area contributed by atoms with Crippen LogP contribution in [0.5, 0.6) is 5.75 Å². The Balaban J connectivity index is 0.00000784. The fourth-order valence-electron chi connectivity index (χ4n) is 2.30. The maximum atomic E-state index is 13.5. The molecule has 0 unspecified atom stereocenters. The largest absolute Gasteiger partial charge is 0.488 e. The highest BCUT2D eigenvalue weighted by molar-refractivity contribution is 14.0. The first-order valence-electron chi connectivity index (χ1n) is 8.87. The highest BCUT2D eigenvalue weighted by Gasteiger charge is 2.34. The number of halogens is 4. The fourth-order valence-corrected chi connectivity index (χ4v) is 2.30. The van der Waals surface area contributed by atoms with Gasteiger partial charge in [0.15, 0.2) is 5.96 Å². The van der Waals surface area contributed by atoms with Gasteiger partial charge in [0.05, 0.1) is 5.56 Å². The molecule has 0 bridgehead atoms. The molecule has 0 saturated carbocycles. The molecule has 10 heteroatoms. The second-order valence-corrected chi connectivity index (χ2v) is 7.42. The molecule has 0 spiro atoms. The number of aliphatic imine (C=N–C) groups is 1. The molecular weight excluding hydrogens is 500 g/mol. The quantitative estimate of drug-likeness (QED) is 0.335. The smallest absolute Gasteiger partial charge is 0.416 e. The van der Waals surface area contributed by atoms with E-state index in [0.29, 0.717) is 12.5 Å². The Morgan fingerprint density at radius 3 is 2.28 bits per heavy atom. The highest BCUT2D eigenvalue weighted by Crippen LogP contribution is 2.35. The van der Waals surface area contributed by atoms with Crippen LogP contribution in [0.2, 0.25) is 0 Å². The number of hydrogen-bond acceptors (Lipinski definition) is 3. The second kappa shape index (κ2) is 11.5. The molecule has 0 fully saturated rings. The van der Waals surface area contributed by atoms with E-state index in [9.17, 15) is 18.0 Å². The molecule has 0 atom stereocenters. The minimum absolute atomic E-state index is 0. The Kier molecular flexibility index (Phi) is 10.8. The molecule has 1 rings (SSSR count). The van der Waals surface area contributed by atoms with E-state index in [1.165, 1.54) is 24.1 Å². The number of alkyl halides is 3. The van der Waals surface area contributed by atoms with Gasteiger partial charge in [-0.3, -0.25) is 9.79 Å². The Labute approximate surface area is 187 Å². The van der Waals surface area contributed by atoms with Crippen molar-refractivity contribution in [3.05, 3.63) is 29.3 Å². The van der Waals surface area contributed by atoms with Crippen molar-refractivity contribution < 1.29 is 22.7 Å². The van der Waals surface area contributed by atoms with Crippen LogP contribution in [-0.2, 0) is 17.5 Å². The van der Waals surface area contributed by atoms with E-state index in [-0.39, 0.29) is 54.2 Å². The van der Waals surface area contributed by atoms with Gasteiger partial charge in [0.2, 0.25) is 5.91 Å². The zero-order valence-electron chi connectivity index (χ0n) is 17.6. The molecule has 0 radical (unpaired) electrons. The number of benzene rings is 1. The van der Waals surface area contributed by atoms with Crippen molar-refractivity contribution in [2.24, 2.45) is 4.99 Å². The number of hydrogen-bond donors (Lipinski definition) is 2. The summed E-state index contributed by atoms with van der Waals surface area (Å²) in [6, 6.07) is 3.91.